The molecule has 0 saturated carbocycles. The number of carboxylic acids is 1. The van der Waals surface area contributed by atoms with E-state index in [-0.39, 0.29) is 23.4 Å². The Balaban J connectivity index is 1.98. The fraction of sp³-hybridized carbons (Fsp3) is 0.100. The van der Waals surface area contributed by atoms with Gasteiger partial charge in [0.25, 0.3) is 5.91 Å². The van der Waals surface area contributed by atoms with Gasteiger partial charge >= 0.3 is 5.97 Å². The van der Waals surface area contributed by atoms with Crippen molar-refractivity contribution in [3.8, 4) is 11.3 Å². The Hall–Kier alpha value is -2.47. The highest BCUT2D eigenvalue weighted by molar-refractivity contribution is 6.37. The molecule has 0 unspecified atom stereocenters. The molecule has 0 aliphatic heterocycles. The van der Waals surface area contributed by atoms with Crippen molar-refractivity contribution >= 4 is 46.7 Å². The Morgan fingerprint density at radius 3 is 2.25 bits per heavy atom. The first kappa shape index (κ1) is 20.3. The Morgan fingerprint density at radius 2 is 1.61 bits per heavy atom. The topological polar surface area (TPSA) is 71.3 Å². The summed E-state index contributed by atoms with van der Waals surface area (Å²) in [5.74, 6) is -1.36. The smallest absolute Gasteiger partial charge is 0.303 e. The van der Waals surface area contributed by atoms with Crippen LogP contribution in [-0.4, -0.2) is 21.7 Å². The third-order valence-corrected chi connectivity index (χ3v) is 4.89. The molecule has 3 rings (SSSR count). The zero-order valence-electron chi connectivity index (χ0n) is 14.5. The molecule has 5 nitrogen and oxygen atoms in total. The first-order valence-corrected chi connectivity index (χ1v) is 9.43. The Bertz CT molecular complexity index is 1030. The monoisotopic (exact) mass is 436 g/mol. The summed E-state index contributed by atoms with van der Waals surface area (Å²) in [7, 11) is 0. The lowest BCUT2D eigenvalue weighted by Crippen LogP contribution is -2.25. The molecule has 0 aliphatic rings. The second-order valence-corrected chi connectivity index (χ2v) is 7.29. The summed E-state index contributed by atoms with van der Waals surface area (Å²) in [5.41, 5.74) is 5.20. The lowest BCUT2D eigenvalue weighted by molar-refractivity contribution is -0.136. The van der Waals surface area contributed by atoms with E-state index in [2.05, 4.69) is 5.43 Å². The van der Waals surface area contributed by atoms with Crippen LogP contribution in [-0.2, 0) is 11.2 Å². The molecule has 28 heavy (non-hydrogen) atoms. The molecule has 0 radical (unpaired) electrons. The minimum atomic E-state index is -0.923. The largest absolute Gasteiger partial charge is 0.481 e. The predicted molar refractivity (Wildman–Crippen MR) is 111 cm³/mol. The molecule has 144 valence electrons. The average Bonchev–Trinajstić information content (AvgIpc) is 3.03. The lowest BCUT2D eigenvalue weighted by Gasteiger charge is -2.15. The van der Waals surface area contributed by atoms with Crippen molar-refractivity contribution < 1.29 is 14.7 Å². The summed E-state index contributed by atoms with van der Waals surface area (Å²) in [6.07, 6.45) is 0.180. The van der Waals surface area contributed by atoms with Gasteiger partial charge in [0.1, 0.15) is 0 Å². The number of nitrogens with zero attached hydrogens (tertiary/aromatic N) is 1. The number of hydrogen-bond acceptors (Lipinski definition) is 2. The number of aliphatic carboxylic acids is 1. The van der Waals surface area contributed by atoms with Crippen LogP contribution in [0.2, 0.25) is 15.1 Å². The van der Waals surface area contributed by atoms with Gasteiger partial charge in [-0.2, -0.15) is 0 Å². The second kappa shape index (κ2) is 8.69. The van der Waals surface area contributed by atoms with Crippen LogP contribution in [0.15, 0.2) is 54.6 Å². The fourth-order valence-corrected chi connectivity index (χ4v) is 3.34. The Labute approximate surface area is 176 Å². The molecule has 3 aromatic rings. The van der Waals surface area contributed by atoms with Gasteiger partial charge in [-0.15, -0.1) is 0 Å². The van der Waals surface area contributed by atoms with Crippen molar-refractivity contribution in [1.82, 2.24) is 4.68 Å². The quantitative estimate of drug-likeness (QED) is 0.533. The number of carbonyl (C=O) groups is 2. The van der Waals surface area contributed by atoms with Crippen LogP contribution in [0.25, 0.3) is 11.3 Å². The number of benzene rings is 2. The number of aromatic nitrogens is 1. The van der Waals surface area contributed by atoms with Gasteiger partial charge in [0.2, 0.25) is 0 Å². The van der Waals surface area contributed by atoms with Crippen molar-refractivity contribution in [1.29, 1.82) is 0 Å². The summed E-state index contributed by atoms with van der Waals surface area (Å²) < 4.78 is 1.57. The zero-order valence-corrected chi connectivity index (χ0v) is 16.7. The van der Waals surface area contributed by atoms with E-state index in [1.54, 1.807) is 28.9 Å². The maximum absolute atomic E-state index is 12.8. The zero-order chi connectivity index (χ0) is 20.3. The minimum absolute atomic E-state index is 0.0678. The molecule has 0 aliphatic carbocycles. The Morgan fingerprint density at radius 1 is 0.929 bits per heavy atom. The molecule has 0 saturated heterocycles. The van der Waals surface area contributed by atoms with Crippen molar-refractivity contribution in [3.05, 3.63) is 80.9 Å². The van der Waals surface area contributed by atoms with Crippen LogP contribution in [0.1, 0.15) is 22.5 Å². The number of hydrogen-bond donors (Lipinski definition) is 2. The number of aryl methyl sites for hydroxylation is 1. The Kier molecular flexibility index (Phi) is 6.29. The van der Waals surface area contributed by atoms with Crippen molar-refractivity contribution in [2.75, 3.05) is 5.43 Å². The fourth-order valence-electron chi connectivity index (χ4n) is 2.72. The average molecular weight is 438 g/mol. The van der Waals surface area contributed by atoms with Crippen molar-refractivity contribution in [2.24, 2.45) is 0 Å². The second-order valence-electron chi connectivity index (χ2n) is 6.01. The first-order chi connectivity index (χ1) is 13.3. The van der Waals surface area contributed by atoms with E-state index in [9.17, 15) is 9.59 Å². The van der Waals surface area contributed by atoms with E-state index >= 15 is 0 Å². The number of halogens is 3. The maximum Gasteiger partial charge on any atom is 0.303 e. The van der Waals surface area contributed by atoms with Crippen molar-refractivity contribution in [2.45, 2.75) is 12.8 Å². The van der Waals surface area contributed by atoms with Gasteiger partial charge in [0.15, 0.2) is 0 Å². The predicted octanol–water partition coefficient (Wildman–Crippen LogP) is 5.52. The molecule has 0 bridgehead atoms. The lowest BCUT2D eigenvalue weighted by atomic mass is 10.1. The third-order valence-electron chi connectivity index (χ3n) is 4.09. The number of rotatable bonds is 6. The van der Waals surface area contributed by atoms with Crippen LogP contribution in [0.3, 0.4) is 0 Å². The van der Waals surface area contributed by atoms with Crippen molar-refractivity contribution in [3.63, 3.8) is 0 Å². The van der Waals surface area contributed by atoms with Gasteiger partial charge in [0.05, 0.1) is 22.7 Å². The summed E-state index contributed by atoms with van der Waals surface area (Å²) in [5, 5.41) is 10.2. The van der Waals surface area contributed by atoms with Gasteiger partial charge in [-0.05, 0) is 42.5 Å². The normalized spacial score (nSPS) is 10.7. The maximum atomic E-state index is 12.8. The van der Waals surface area contributed by atoms with E-state index in [0.717, 1.165) is 5.56 Å². The van der Waals surface area contributed by atoms with Crippen LogP contribution < -0.4 is 5.43 Å². The van der Waals surface area contributed by atoms with Crippen LogP contribution in [0.4, 0.5) is 0 Å². The molecule has 0 fully saturated rings. The summed E-state index contributed by atoms with van der Waals surface area (Å²) in [6.45, 7) is 0. The van der Waals surface area contributed by atoms with Crippen LogP contribution >= 0.6 is 34.8 Å². The molecular weight excluding hydrogens is 423 g/mol. The summed E-state index contributed by atoms with van der Waals surface area (Å²) in [4.78, 5) is 23.8. The SMILES string of the molecule is O=C(O)CCc1ccc(-c2ccc(Cl)cc2)n1NC(=O)c1ccc(Cl)cc1Cl. The summed E-state index contributed by atoms with van der Waals surface area (Å²) >= 11 is 18.0. The van der Waals surface area contributed by atoms with E-state index < -0.39 is 11.9 Å². The number of carbonyl (C=O) groups excluding carboxylic acids is 1. The number of nitrogens with one attached hydrogen (secondary N) is 1. The molecule has 2 aromatic carbocycles. The highest BCUT2D eigenvalue weighted by Gasteiger charge is 2.17. The summed E-state index contributed by atoms with van der Waals surface area (Å²) in [6, 6.07) is 15.3. The van der Waals surface area contributed by atoms with Gasteiger partial charge in [0, 0.05) is 27.7 Å². The van der Waals surface area contributed by atoms with Crippen LogP contribution in [0.5, 0.6) is 0 Å². The molecular formula is C20H15Cl3N2O3. The van der Waals surface area contributed by atoms with Gasteiger partial charge in [-0.25, -0.2) is 0 Å². The van der Waals surface area contributed by atoms with E-state index in [4.69, 9.17) is 39.9 Å². The van der Waals surface area contributed by atoms with Crippen LogP contribution in [0, 0.1) is 0 Å². The number of carboxylic acid groups (broad SMARTS) is 1. The van der Waals surface area contributed by atoms with Gasteiger partial charge in [-0.3, -0.25) is 19.7 Å². The standard InChI is InChI=1S/C20H15Cl3N2O3/c21-13-3-1-12(2-4-13)18-9-6-15(7-10-19(26)27)25(18)24-20(28)16-8-5-14(22)11-17(16)23/h1-6,8-9,11H,7,10H2,(H,24,28)(H,26,27). The molecule has 0 atom stereocenters. The van der Waals surface area contributed by atoms with Gasteiger partial charge in [-0.1, -0.05) is 46.9 Å². The molecule has 8 heteroatoms. The molecule has 1 heterocycles. The minimum Gasteiger partial charge on any atom is -0.481 e. The first-order valence-electron chi connectivity index (χ1n) is 8.30. The van der Waals surface area contributed by atoms with E-state index in [1.807, 2.05) is 18.2 Å². The molecule has 1 aromatic heterocycles. The van der Waals surface area contributed by atoms with E-state index in [1.165, 1.54) is 12.1 Å². The highest BCUT2D eigenvalue weighted by Crippen LogP contribution is 2.26. The molecule has 1 amide bonds. The highest BCUT2D eigenvalue weighted by atomic mass is 35.5. The molecule has 2 N–H and O–H groups in total. The van der Waals surface area contributed by atoms with E-state index in [0.29, 0.717) is 21.4 Å². The van der Waals surface area contributed by atoms with Gasteiger partial charge < -0.3 is 5.11 Å². The third kappa shape index (κ3) is 4.68. The molecule has 0 spiro atoms. The number of amides is 1.